The van der Waals surface area contributed by atoms with Crippen LogP contribution in [0.3, 0.4) is 0 Å². The third-order valence-electron chi connectivity index (χ3n) is 4.43. The molecule has 1 aromatic carbocycles. The molecule has 1 fully saturated rings. The van der Waals surface area contributed by atoms with E-state index in [9.17, 15) is 4.79 Å². The second-order valence-corrected chi connectivity index (χ2v) is 7.46. The molecule has 0 N–H and O–H groups in total. The van der Waals surface area contributed by atoms with Crippen molar-refractivity contribution in [2.24, 2.45) is 0 Å². The van der Waals surface area contributed by atoms with Gasteiger partial charge in [0.05, 0.1) is 33.9 Å². The van der Waals surface area contributed by atoms with Crippen LogP contribution in [-0.4, -0.2) is 41.1 Å². The van der Waals surface area contributed by atoms with E-state index < -0.39 is 0 Å². The number of aromatic nitrogens is 1. The molecule has 0 aliphatic carbocycles. The zero-order valence-corrected chi connectivity index (χ0v) is 15.1. The van der Waals surface area contributed by atoms with Crippen LogP contribution in [0.25, 0.3) is 21.5 Å². The Bertz CT molecular complexity index is 897. The fraction of sp³-hybridized carbons (Fsp3) is 0.300. The molecule has 1 amide bonds. The minimum absolute atomic E-state index is 0.0533. The van der Waals surface area contributed by atoms with Gasteiger partial charge < -0.3 is 9.64 Å². The first-order valence-electron chi connectivity index (χ1n) is 8.50. The molecule has 4 rings (SSSR count). The topological polar surface area (TPSA) is 42.4 Å². The summed E-state index contributed by atoms with van der Waals surface area (Å²) in [5.74, 6) is 0.0541. The number of hydrogen-bond acceptors (Lipinski definition) is 4. The van der Waals surface area contributed by atoms with Crippen LogP contribution in [0.15, 0.2) is 47.8 Å². The molecule has 1 saturated heterocycles. The number of fused-ring (bicyclic) bond motifs is 1. The molecule has 0 unspecified atom stereocenters. The van der Waals surface area contributed by atoms with Crippen molar-refractivity contribution in [1.82, 2.24) is 9.88 Å². The van der Waals surface area contributed by atoms with Gasteiger partial charge in [-0.1, -0.05) is 24.3 Å². The van der Waals surface area contributed by atoms with Crippen LogP contribution in [0.2, 0.25) is 0 Å². The predicted molar refractivity (Wildman–Crippen MR) is 101 cm³/mol. The van der Waals surface area contributed by atoms with Gasteiger partial charge in [-0.3, -0.25) is 4.79 Å². The van der Waals surface area contributed by atoms with E-state index in [-0.39, 0.29) is 18.1 Å². The van der Waals surface area contributed by atoms with Crippen LogP contribution in [0.1, 0.15) is 24.2 Å². The van der Waals surface area contributed by atoms with Crippen molar-refractivity contribution < 1.29 is 9.53 Å². The van der Waals surface area contributed by atoms with Crippen LogP contribution in [0.5, 0.6) is 0 Å². The second kappa shape index (κ2) is 6.58. The van der Waals surface area contributed by atoms with Gasteiger partial charge >= 0.3 is 0 Å². The minimum Gasteiger partial charge on any atom is -0.372 e. The van der Waals surface area contributed by atoms with E-state index in [1.54, 1.807) is 11.3 Å². The predicted octanol–water partition coefficient (Wildman–Crippen LogP) is 4.21. The largest absolute Gasteiger partial charge is 0.372 e. The molecule has 25 heavy (non-hydrogen) atoms. The average molecular weight is 352 g/mol. The number of pyridine rings is 1. The Kier molecular flexibility index (Phi) is 4.27. The lowest BCUT2D eigenvalue weighted by molar-refractivity contribution is -0.0585. The SMILES string of the molecule is C[C@@H]1CN(C(=O)c2cc(-c3cccs3)nc3ccccc23)C[C@H](C)O1. The summed E-state index contributed by atoms with van der Waals surface area (Å²) in [6.45, 7) is 5.26. The maximum atomic E-state index is 13.3. The molecule has 5 heteroatoms. The monoisotopic (exact) mass is 352 g/mol. The molecule has 0 spiro atoms. The van der Waals surface area contributed by atoms with Crippen molar-refractivity contribution >= 4 is 28.1 Å². The molecular weight excluding hydrogens is 332 g/mol. The summed E-state index contributed by atoms with van der Waals surface area (Å²) in [5, 5.41) is 2.93. The van der Waals surface area contributed by atoms with Gasteiger partial charge in [-0.15, -0.1) is 11.3 Å². The van der Waals surface area contributed by atoms with Gasteiger partial charge in [0, 0.05) is 18.5 Å². The Balaban J connectivity index is 1.81. The van der Waals surface area contributed by atoms with Crippen molar-refractivity contribution in [3.8, 4) is 10.6 Å². The second-order valence-electron chi connectivity index (χ2n) is 6.52. The number of para-hydroxylation sites is 1. The highest BCUT2D eigenvalue weighted by Crippen LogP contribution is 2.29. The molecular formula is C20H20N2O2S. The van der Waals surface area contributed by atoms with Gasteiger partial charge in [0.1, 0.15) is 0 Å². The molecule has 0 radical (unpaired) electrons. The fourth-order valence-corrected chi connectivity index (χ4v) is 4.10. The Morgan fingerprint density at radius 1 is 1.16 bits per heavy atom. The molecule has 4 nitrogen and oxygen atoms in total. The standard InChI is InChI=1S/C20H20N2O2S/c1-13-11-22(12-14(2)24-13)20(23)16-10-18(19-8-5-9-25-19)21-17-7-4-3-6-15(16)17/h3-10,13-14H,11-12H2,1-2H3/t13-,14+. The lowest BCUT2D eigenvalue weighted by Gasteiger charge is -2.35. The lowest BCUT2D eigenvalue weighted by Crippen LogP contribution is -2.48. The average Bonchev–Trinajstić information content (AvgIpc) is 3.14. The van der Waals surface area contributed by atoms with Crippen LogP contribution in [-0.2, 0) is 4.74 Å². The van der Waals surface area contributed by atoms with Gasteiger partial charge in [0.15, 0.2) is 0 Å². The van der Waals surface area contributed by atoms with E-state index in [4.69, 9.17) is 9.72 Å². The first-order chi connectivity index (χ1) is 12.1. The van der Waals surface area contributed by atoms with Crippen molar-refractivity contribution in [2.75, 3.05) is 13.1 Å². The van der Waals surface area contributed by atoms with Crippen molar-refractivity contribution in [3.63, 3.8) is 0 Å². The highest BCUT2D eigenvalue weighted by atomic mass is 32.1. The van der Waals surface area contributed by atoms with E-state index in [1.807, 2.05) is 66.6 Å². The summed E-state index contributed by atoms with van der Waals surface area (Å²) in [5.41, 5.74) is 2.42. The summed E-state index contributed by atoms with van der Waals surface area (Å²) in [6, 6.07) is 13.8. The Hall–Kier alpha value is -2.24. The van der Waals surface area contributed by atoms with E-state index in [2.05, 4.69) is 0 Å². The van der Waals surface area contributed by atoms with E-state index in [1.165, 1.54) is 0 Å². The van der Waals surface area contributed by atoms with Gasteiger partial charge in [-0.2, -0.15) is 0 Å². The van der Waals surface area contributed by atoms with Crippen LogP contribution < -0.4 is 0 Å². The molecule has 0 saturated carbocycles. The summed E-state index contributed by atoms with van der Waals surface area (Å²) in [4.78, 5) is 21.0. The number of ether oxygens (including phenoxy) is 1. The zero-order valence-electron chi connectivity index (χ0n) is 14.3. The van der Waals surface area contributed by atoms with Gasteiger partial charge in [-0.25, -0.2) is 4.98 Å². The normalized spacial score (nSPS) is 20.8. The van der Waals surface area contributed by atoms with Gasteiger partial charge in [0.2, 0.25) is 0 Å². The number of hydrogen-bond donors (Lipinski definition) is 0. The number of carbonyl (C=O) groups excluding carboxylic acids is 1. The van der Waals surface area contributed by atoms with Crippen molar-refractivity contribution in [2.45, 2.75) is 26.1 Å². The molecule has 2 aromatic heterocycles. The molecule has 3 heterocycles. The third kappa shape index (κ3) is 3.17. The number of nitrogens with zero attached hydrogens (tertiary/aromatic N) is 2. The highest BCUT2D eigenvalue weighted by molar-refractivity contribution is 7.13. The number of thiophene rings is 1. The number of carbonyl (C=O) groups is 1. The van der Waals surface area contributed by atoms with Crippen LogP contribution >= 0.6 is 11.3 Å². The Morgan fingerprint density at radius 3 is 2.64 bits per heavy atom. The first kappa shape index (κ1) is 16.2. The third-order valence-corrected chi connectivity index (χ3v) is 5.32. The molecule has 2 atom stereocenters. The maximum Gasteiger partial charge on any atom is 0.254 e. The Morgan fingerprint density at radius 2 is 1.92 bits per heavy atom. The van der Waals surface area contributed by atoms with Crippen molar-refractivity contribution in [3.05, 3.63) is 53.4 Å². The molecule has 1 aliphatic rings. The maximum absolute atomic E-state index is 13.3. The number of rotatable bonds is 2. The molecule has 0 bridgehead atoms. The van der Waals surface area contributed by atoms with Crippen LogP contribution in [0, 0.1) is 0 Å². The molecule has 1 aliphatic heterocycles. The van der Waals surface area contributed by atoms with Crippen LogP contribution in [0.4, 0.5) is 0 Å². The minimum atomic E-state index is 0.0533. The van der Waals surface area contributed by atoms with E-state index in [0.29, 0.717) is 13.1 Å². The van der Waals surface area contributed by atoms with Gasteiger partial charge in [-0.05, 0) is 37.4 Å². The first-order valence-corrected chi connectivity index (χ1v) is 9.38. The number of morpholine rings is 1. The molecule has 128 valence electrons. The lowest BCUT2D eigenvalue weighted by atomic mass is 10.0. The van der Waals surface area contributed by atoms with Crippen molar-refractivity contribution in [1.29, 1.82) is 0 Å². The van der Waals surface area contributed by atoms with Gasteiger partial charge in [0.25, 0.3) is 5.91 Å². The number of benzene rings is 1. The summed E-state index contributed by atoms with van der Waals surface area (Å²) < 4.78 is 5.77. The number of amides is 1. The summed E-state index contributed by atoms with van der Waals surface area (Å²) >= 11 is 1.63. The molecule has 3 aromatic rings. The van der Waals surface area contributed by atoms with E-state index >= 15 is 0 Å². The quantitative estimate of drug-likeness (QED) is 0.694. The highest BCUT2D eigenvalue weighted by Gasteiger charge is 2.28. The van der Waals surface area contributed by atoms with E-state index in [0.717, 1.165) is 27.0 Å². The Labute approximate surface area is 151 Å². The smallest absolute Gasteiger partial charge is 0.254 e. The summed E-state index contributed by atoms with van der Waals surface area (Å²) in [7, 11) is 0. The summed E-state index contributed by atoms with van der Waals surface area (Å²) in [6.07, 6.45) is 0.107. The zero-order chi connectivity index (χ0) is 17.4. The fourth-order valence-electron chi connectivity index (χ4n) is 3.42.